The Kier molecular flexibility index (Phi) is 5.32. The van der Waals surface area contributed by atoms with Crippen molar-refractivity contribution in [1.29, 1.82) is 0 Å². The molecule has 4 rings (SSSR count). The summed E-state index contributed by atoms with van der Waals surface area (Å²) in [5.41, 5.74) is 3.50. The van der Waals surface area contributed by atoms with E-state index >= 15 is 0 Å². The molecule has 1 N–H and O–H groups in total. The first-order valence-electron chi connectivity index (χ1n) is 9.62. The number of amides is 3. The summed E-state index contributed by atoms with van der Waals surface area (Å²) in [6.07, 6.45) is 2.98. The maximum absolute atomic E-state index is 12.7. The molecule has 2 aliphatic heterocycles. The largest absolute Gasteiger partial charge is 0.326 e. The zero-order valence-corrected chi connectivity index (χ0v) is 17.3. The van der Waals surface area contributed by atoms with Crippen molar-refractivity contribution in [2.45, 2.75) is 24.7 Å². The van der Waals surface area contributed by atoms with E-state index in [2.05, 4.69) is 5.32 Å². The van der Waals surface area contributed by atoms with Gasteiger partial charge in [-0.15, -0.1) is 11.8 Å². The number of hydrogen-bond acceptors (Lipinski definition) is 4. The molecule has 1 fully saturated rings. The monoisotopic (exact) mass is 409 g/mol. The summed E-state index contributed by atoms with van der Waals surface area (Å²) in [4.78, 5) is 41.5. The predicted octanol–water partition coefficient (Wildman–Crippen LogP) is 3.31. The second-order valence-corrected chi connectivity index (χ2v) is 8.24. The minimum absolute atomic E-state index is 0.0241. The van der Waals surface area contributed by atoms with Crippen LogP contribution in [0.4, 0.5) is 17.1 Å². The number of thioether (sulfide) groups is 1. The summed E-state index contributed by atoms with van der Waals surface area (Å²) in [6.45, 7) is 2.59. The van der Waals surface area contributed by atoms with Gasteiger partial charge in [-0.2, -0.15) is 0 Å². The molecular weight excluding hydrogens is 386 g/mol. The van der Waals surface area contributed by atoms with Crippen LogP contribution in [0.15, 0.2) is 47.4 Å². The van der Waals surface area contributed by atoms with Gasteiger partial charge >= 0.3 is 0 Å². The SMILES string of the molecule is CSc1ccc(NC(=O)[C@@H]2CC(=O)N(c3ccc4c(c3)CCN4C(C)=O)C2)cc1. The van der Waals surface area contributed by atoms with Gasteiger partial charge in [-0.05, 0) is 60.7 Å². The summed E-state index contributed by atoms with van der Waals surface area (Å²) in [7, 11) is 0. The van der Waals surface area contributed by atoms with Crippen LogP contribution in [-0.4, -0.2) is 37.1 Å². The Balaban J connectivity index is 1.45. The topological polar surface area (TPSA) is 69.7 Å². The molecule has 6 nitrogen and oxygen atoms in total. The van der Waals surface area contributed by atoms with E-state index in [4.69, 9.17) is 0 Å². The second kappa shape index (κ2) is 7.91. The molecule has 2 aromatic rings. The van der Waals surface area contributed by atoms with Crippen molar-refractivity contribution in [1.82, 2.24) is 0 Å². The number of fused-ring (bicyclic) bond motifs is 1. The Morgan fingerprint density at radius 1 is 1.14 bits per heavy atom. The number of hydrogen-bond donors (Lipinski definition) is 1. The molecule has 150 valence electrons. The quantitative estimate of drug-likeness (QED) is 0.787. The number of carbonyl (C=O) groups is 3. The molecule has 0 aromatic heterocycles. The maximum atomic E-state index is 12.7. The molecule has 0 aliphatic carbocycles. The maximum Gasteiger partial charge on any atom is 0.229 e. The van der Waals surface area contributed by atoms with Crippen molar-refractivity contribution in [2.24, 2.45) is 5.92 Å². The van der Waals surface area contributed by atoms with Crippen LogP contribution in [0, 0.1) is 5.92 Å². The molecule has 2 aromatic carbocycles. The first-order chi connectivity index (χ1) is 14.0. The van der Waals surface area contributed by atoms with E-state index in [0.29, 0.717) is 13.1 Å². The number of nitrogens with one attached hydrogen (secondary N) is 1. The number of anilines is 3. The van der Waals surface area contributed by atoms with Crippen LogP contribution in [-0.2, 0) is 20.8 Å². The highest BCUT2D eigenvalue weighted by Gasteiger charge is 2.36. The minimum Gasteiger partial charge on any atom is -0.326 e. The Hall–Kier alpha value is -2.80. The van der Waals surface area contributed by atoms with Gasteiger partial charge in [0, 0.05) is 48.4 Å². The molecule has 1 saturated heterocycles. The Morgan fingerprint density at radius 2 is 1.90 bits per heavy atom. The molecule has 3 amide bonds. The lowest BCUT2D eigenvalue weighted by molar-refractivity contribution is -0.122. The molecule has 0 bridgehead atoms. The molecule has 0 radical (unpaired) electrons. The van der Waals surface area contributed by atoms with E-state index < -0.39 is 0 Å². The van der Waals surface area contributed by atoms with Gasteiger partial charge in [-0.1, -0.05) is 0 Å². The molecule has 1 atom stereocenters. The summed E-state index contributed by atoms with van der Waals surface area (Å²) >= 11 is 1.64. The van der Waals surface area contributed by atoms with Gasteiger partial charge < -0.3 is 15.1 Å². The smallest absolute Gasteiger partial charge is 0.229 e. The normalized spacial score (nSPS) is 18.1. The zero-order chi connectivity index (χ0) is 20.5. The number of nitrogens with zero attached hydrogens (tertiary/aromatic N) is 2. The van der Waals surface area contributed by atoms with E-state index in [1.807, 2.05) is 48.7 Å². The summed E-state index contributed by atoms with van der Waals surface area (Å²) in [5, 5.41) is 2.92. The van der Waals surface area contributed by atoms with Crippen LogP contribution in [0.25, 0.3) is 0 Å². The van der Waals surface area contributed by atoms with Gasteiger partial charge in [0.15, 0.2) is 0 Å². The van der Waals surface area contributed by atoms with Gasteiger partial charge in [0.25, 0.3) is 0 Å². The first-order valence-corrected chi connectivity index (χ1v) is 10.8. The fourth-order valence-corrected chi connectivity index (χ4v) is 4.34. The Morgan fingerprint density at radius 3 is 2.59 bits per heavy atom. The van der Waals surface area contributed by atoms with E-state index in [-0.39, 0.29) is 30.1 Å². The van der Waals surface area contributed by atoms with Crippen molar-refractivity contribution in [3.63, 3.8) is 0 Å². The number of carbonyl (C=O) groups excluding carboxylic acids is 3. The minimum atomic E-state index is -0.385. The van der Waals surface area contributed by atoms with E-state index in [0.717, 1.165) is 33.9 Å². The average molecular weight is 410 g/mol. The van der Waals surface area contributed by atoms with E-state index in [1.165, 1.54) is 0 Å². The van der Waals surface area contributed by atoms with Crippen LogP contribution in [0.5, 0.6) is 0 Å². The van der Waals surface area contributed by atoms with Crippen LogP contribution >= 0.6 is 11.8 Å². The molecule has 0 spiro atoms. The zero-order valence-electron chi connectivity index (χ0n) is 16.5. The number of rotatable bonds is 4. The van der Waals surface area contributed by atoms with Crippen LogP contribution in [0.3, 0.4) is 0 Å². The lowest BCUT2D eigenvalue weighted by Gasteiger charge is -2.19. The van der Waals surface area contributed by atoms with Crippen LogP contribution in [0.1, 0.15) is 18.9 Å². The lowest BCUT2D eigenvalue weighted by atomic mass is 10.1. The highest BCUT2D eigenvalue weighted by molar-refractivity contribution is 7.98. The fraction of sp³-hybridized carbons (Fsp3) is 0.318. The van der Waals surface area contributed by atoms with Crippen molar-refractivity contribution >= 4 is 46.5 Å². The summed E-state index contributed by atoms with van der Waals surface area (Å²) in [6, 6.07) is 13.4. The molecule has 0 saturated carbocycles. The predicted molar refractivity (Wildman–Crippen MR) is 115 cm³/mol. The Labute approximate surface area is 174 Å². The third-order valence-electron chi connectivity index (χ3n) is 5.50. The first kappa shape index (κ1) is 19.5. The molecule has 7 heteroatoms. The van der Waals surface area contributed by atoms with E-state index in [9.17, 15) is 14.4 Å². The van der Waals surface area contributed by atoms with Crippen molar-refractivity contribution < 1.29 is 14.4 Å². The summed E-state index contributed by atoms with van der Waals surface area (Å²) < 4.78 is 0. The molecule has 29 heavy (non-hydrogen) atoms. The highest BCUT2D eigenvalue weighted by Crippen LogP contribution is 2.34. The van der Waals surface area contributed by atoms with Gasteiger partial charge in [0.05, 0.1) is 5.92 Å². The molecule has 2 aliphatic rings. The molecule has 2 heterocycles. The lowest BCUT2D eigenvalue weighted by Crippen LogP contribution is -2.28. The van der Waals surface area contributed by atoms with Gasteiger partial charge in [-0.3, -0.25) is 14.4 Å². The van der Waals surface area contributed by atoms with E-state index in [1.54, 1.807) is 28.5 Å². The second-order valence-electron chi connectivity index (χ2n) is 7.36. The van der Waals surface area contributed by atoms with Gasteiger partial charge in [0.1, 0.15) is 0 Å². The average Bonchev–Trinajstić information content (AvgIpc) is 3.31. The van der Waals surface area contributed by atoms with Crippen molar-refractivity contribution in [3.05, 3.63) is 48.0 Å². The van der Waals surface area contributed by atoms with Crippen LogP contribution < -0.4 is 15.1 Å². The third kappa shape index (κ3) is 3.87. The fourth-order valence-electron chi connectivity index (χ4n) is 3.93. The van der Waals surface area contributed by atoms with Crippen LogP contribution in [0.2, 0.25) is 0 Å². The van der Waals surface area contributed by atoms with Gasteiger partial charge in [-0.25, -0.2) is 0 Å². The standard InChI is InChI=1S/C22H23N3O3S/c1-14(26)24-10-9-15-11-18(5-8-20(15)24)25-13-16(12-21(25)27)22(28)23-17-3-6-19(29-2)7-4-17/h3-8,11,16H,9-10,12-13H2,1-2H3,(H,23,28)/t16-/m1/s1. The third-order valence-corrected chi connectivity index (χ3v) is 6.25. The number of benzene rings is 2. The molecule has 0 unspecified atom stereocenters. The molecular formula is C22H23N3O3S. The van der Waals surface area contributed by atoms with Crippen molar-refractivity contribution in [2.75, 3.05) is 34.5 Å². The van der Waals surface area contributed by atoms with Gasteiger partial charge in [0.2, 0.25) is 17.7 Å². The highest BCUT2D eigenvalue weighted by atomic mass is 32.2. The Bertz CT molecular complexity index is 974. The van der Waals surface area contributed by atoms with Crippen molar-refractivity contribution in [3.8, 4) is 0 Å². The summed E-state index contributed by atoms with van der Waals surface area (Å²) in [5.74, 6) is -0.549.